The molecule has 1 aliphatic heterocycles. The van der Waals surface area contributed by atoms with E-state index in [4.69, 9.17) is 4.74 Å². The fourth-order valence-corrected chi connectivity index (χ4v) is 5.79. The minimum Gasteiger partial charge on any atom is -0.379 e. The summed E-state index contributed by atoms with van der Waals surface area (Å²) in [6.07, 6.45) is 5.41. The Bertz CT molecular complexity index is 906. The average Bonchev–Trinajstić information content (AvgIpc) is 2.82. The molecule has 0 bridgehead atoms. The summed E-state index contributed by atoms with van der Waals surface area (Å²) < 4.78 is 32.5. The summed E-state index contributed by atoms with van der Waals surface area (Å²) >= 11 is 0. The van der Waals surface area contributed by atoms with Crippen LogP contribution in [0.5, 0.6) is 0 Å². The maximum atomic E-state index is 13.2. The molecule has 1 N–H and O–H groups in total. The molecule has 0 spiro atoms. The quantitative estimate of drug-likeness (QED) is 0.666. The largest absolute Gasteiger partial charge is 0.379 e. The van der Waals surface area contributed by atoms with Crippen LogP contribution in [-0.4, -0.2) is 74.9 Å². The first-order chi connectivity index (χ1) is 15.2. The van der Waals surface area contributed by atoms with Gasteiger partial charge in [0.05, 0.1) is 18.1 Å². The monoisotopic (exact) mass is 465 g/mol. The van der Waals surface area contributed by atoms with Crippen molar-refractivity contribution >= 4 is 21.8 Å². The lowest BCUT2D eigenvalue weighted by atomic mass is 9.93. The second-order valence-corrected chi connectivity index (χ2v) is 10.9. The third kappa shape index (κ3) is 5.68. The van der Waals surface area contributed by atoms with Gasteiger partial charge in [0.1, 0.15) is 6.04 Å². The average molecular weight is 466 g/mol. The SMILES string of the molecule is CC(C)C(NC(=O)c1cccc(S(=O)(=O)N2CCOCC2)c1)C(=O)N(C)C1CCCCC1. The number of hydrogen-bond donors (Lipinski definition) is 1. The second-order valence-electron chi connectivity index (χ2n) is 8.98. The highest BCUT2D eigenvalue weighted by Crippen LogP contribution is 2.23. The molecule has 8 nitrogen and oxygen atoms in total. The maximum Gasteiger partial charge on any atom is 0.251 e. The number of benzene rings is 1. The Hall–Kier alpha value is -1.97. The lowest BCUT2D eigenvalue weighted by Gasteiger charge is -2.35. The third-order valence-corrected chi connectivity index (χ3v) is 8.29. The van der Waals surface area contributed by atoms with Gasteiger partial charge >= 0.3 is 0 Å². The van der Waals surface area contributed by atoms with E-state index in [1.54, 1.807) is 17.0 Å². The van der Waals surface area contributed by atoms with Crippen molar-refractivity contribution in [2.24, 2.45) is 5.92 Å². The lowest BCUT2D eigenvalue weighted by Crippen LogP contribution is -2.53. The molecule has 9 heteroatoms. The van der Waals surface area contributed by atoms with Gasteiger partial charge in [0, 0.05) is 31.7 Å². The Kier molecular flexibility index (Phi) is 8.30. The van der Waals surface area contributed by atoms with E-state index >= 15 is 0 Å². The van der Waals surface area contributed by atoms with Gasteiger partial charge in [-0.05, 0) is 37.0 Å². The number of nitrogens with one attached hydrogen (secondary N) is 1. The van der Waals surface area contributed by atoms with Crippen LogP contribution < -0.4 is 5.32 Å². The molecule has 2 fully saturated rings. The number of nitrogens with zero attached hydrogens (tertiary/aromatic N) is 2. The molecule has 1 aromatic rings. The van der Waals surface area contributed by atoms with E-state index in [-0.39, 0.29) is 41.4 Å². The normalized spacial score (nSPS) is 19.5. The standard InChI is InChI=1S/C23H35N3O5S/c1-17(2)21(23(28)25(3)19-9-5-4-6-10-19)24-22(27)18-8-7-11-20(16-18)32(29,30)26-12-14-31-15-13-26/h7-8,11,16-17,19,21H,4-6,9-10,12-15H2,1-3H3,(H,24,27). The van der Waals surface area contributed by atoms with E-state index in [1.165, 1.54) is 22.9 Å². The van der Waals surface area contributed by atoms with Gasteiger partial charge in [0.15, 0.2) is 0 Å². The number of sulfonamides is 1. The van der Waals surface area contributed by atoms with Gasteiger partial charge in [-0.3, -0.25) is 9.59 Å². The van der Waals surface area contributed by atoms with E-state index in [0.717, 1.165) is 25.7 Å². The van der Waals surface area contributed by atoms with Crippen molar-refractivity contribution in [1.29, 1.82) is 0 Å². The van der Waals surface area contributed by atoms with Crippen LogP contribution in [0.3, 0.4) is 0 Å². The Morgan fingerprint density at radius 2 is 1.78 bits per heavy atom. The van der Waals surface area contributed by atoms with E-state index in [0.29, 0.717) is 13.2 Å². The predicted molar refractivity (Wildman–Crippen MR) is 122 cm³/mol. The maximum absolute atomic E-state index is 13.2. The highest BCUT2D eigenvalue weighted by Gasteiger charge is 2.32. The predicted octanol–water partition coefficient (Wildman–Crippen LogP) is 2.25. The summed E-state index contributed by atoms with van der Waals surface area (Å²) in [6.45, 7) is 5.08. The molecule has 3 rings (SSSR count). The molecule has 2 amide bonds. The fraction of sp³-hybridized carbons (Fsp3) is 0.652. The molecule has 178 valence electrons. The van der Waals surface area contributed by atoms with Crippen molar-refractivity contribution < 1.29 is 22.7 Å². The summed E-state index contributed by atoms with van der Waals surface area (Å²) in [5.41, 5.74) is 0.220. The molecular weight excluding hydrogens is 430 g/mol. The Morgan fingerprint density at radius 1 is 1.12 bits per heavy atom. The zero-order valence-electron chi connectivity index (χ0n) is 19.2. The highest BCUT2D eigenvalue weighted by molar-refractivity contribution is 7.89. The molecule has 32 heavy (non-hydrogen) atoms. The molecule has 1 saturated carbocycles. The number of ether oxygens (including phenoxy) is 1. The summed E-state index contributed by atoms with van der Waals surface area (Å²) in [6, 6.07) is 5.53. The number of rotatable bonds is 7. The highest BCUT2D eigenvalue weighted by atomic mass is 32.2. The van der Waals surface area contributed by atoms with Crippen molar-refractivity contribution in [3.63, 3.8) is 0 Å². The van der Waals surface area contributed by atoms with Crippen molar-refractivity contribution in [1.82, 2.24) is 14.5 Å². The van der Waals surface area contributed by atoms with Crippen molar-refractivity contribution in [3.8, 4) is 0 Å². The van der Waals surface area contributed by atoms with Gasteiger partial charge in [-0.15, -0.1) is 0 Å². The molecule has 0 aromatic heterocycles. The second kappa shape index (κ2) is 10.8. The topological polar surface area (TPSA) is 96.0 Å². The molecule has 1 saturated heterocycles. The molecule has 1 unspecified atom stereocenters. The van der Waals surface area contributed by atoms with Crippen LogP contribution in [0, 0.1) is 5.92 Å². The number of carbonyl (C=O) groups is 2. The molecule has 0 radical (unpaired) electrons. The summed E-state index contributed by atoms with van der Waals surface area (Å²) in [4.78, 5) is 28.0. The number of likely N-dealkylation sites (N-methyl/N-ethyl adjacent to an activating group) is 1. The first-order valence-corrected chi connectivity index (χ1v) is 12.9. The number of hydrogen-bond acceptors (Lipinski definition) is 5. The van der Waals surface area contributed by atoms with E-state index in [9.17, 15) is 18.0 Å². The van der Waals surface area contributed by atoms with Gasteiger partial charge in [-0.2, -0.15) is 4.31 Å². The summed E-state index contributed by atoms with van der Waals surface area (Å²) in [7, 11) is -1.89. The smallest absolute Gasteiger partial charge is 0.251 e. The summed E-state index contributed by atoms with van der Waals surface area (Å²) in [5, 5.41) is 2.85. The van der Waals surface area contributed by atoms with Gasteiger partial charge < -0.3 is 15.0 Å². The first kappa shape index (κ1) is 24.7. The van der Waals surface area contributed by atoms with Crippen LogP contribution in [0.4, 0.5) is 0 Å². The van der Waals surface area contributed by atoms with Crippen LogP contribution in [0.25, 0.3) is 0 Å². The van der Waals surface area contributed by atoms with Crippen LogP contribution in [0.1, 0.15) is 56.3 Å². The molecule has 1 atom stereocenters. The van der Waals surface area contributed by atoms with Crippen LogP contribution >= 0.6 is 0 Å². The van der Waals surface area contributed by atoms with Crippen molar-refractivity contribution in [3.05, 3.63) is 29.8 Å². The van der Waals surface area contributed by atoms with Crippen LogP contribution in [0.15, 0.2) is 29.2 Å². The molecule has 1 aliphatic carbocycles. The minimum atomic E-state index is -3.71. The van der Waals surface area contributed by atoms with Gasteiger partial charge in [0.2, 0.25) is 15.9 Å². The first-order valence-electron chi connectivity index (χ1n) is 11.5. The molecular formula is C23H35N3O5S. The third-order valence-electron chi connectivity index (χ3n) is 6.39. The zero-order chi connectivity index (χ0) is 23.3. The van der Waals surface area contributed by atoms with Crippen LogP contribution in [0.2, 0.25) is 0 Å². The Morgan fingerprint density at radius 3 is 2.41 bits per heavy atom. The number of amides is 2. The van der Waals surface area contributed by atoms with Gasteiger partial charge in [-0.25, -0.2) is 8.42 Å². The number of carbonyl (C=O) groups excluding carboxylic acids is 2. The Labute approximate surface area is 191 Å². The van der Waals surface area contributed by atoms with Gasteiger partial charge in [0.25, 0.3) is 5.91 Å². The Balaban J connectivity index is 1.74. The van der Waals surface area contributed by atoms with Crippen LogP contribution in [-0.2, 0) is 19.6 Å². The molecule has 2 aliphatic rings. The van der Waals surface area contributed by atoms with Crippen molar-refractivity contribution in [2.45, 2.75) is 62.9 Å². The number of morpholine rings is 1. The van der Waals surface area contributed by atoms with Crippen molar-refractivity contribution in [2.75, 3.05) is 33.4 Å². The lowest BCUT2D eigenvalue weighted by molar-refractivity contribution is -0.135. The fourth-order valence-electron chi connectivity index (χ4n) is 4.34. The summed E-state index contributed by atoms with van der Waals surface area (Å²) in [5.74, 6) is -0.650. The minimum absolute atomic E-state index is 0.0683. The van der Waals surface area contributed by atoms with E-state index in [1.807, 2.05) is 20.9 Å². The van der Waals surface area contributed by atoms with E-state index < -0.39 is 22.0 Å². The molecule has 1 aromatic carbocycles. The zero-order valence-corrected chi connectivity index (χ0v) is 20.1. The molecule has 1 heterocycles. The van der Waals surface area contributed by atoms with E-state index in [2.05, 4.69) is 5.32 Å². The van der Waals surface area contributed by atoms with Gasteiger partial charge in [-0.1, -0.05) is 39.2 Å².